The van der Waals surface area contributed by atoms with Crippen LogP contribution in [0.5, 0.6) is 0 Å². The minimum absolute atomic E-state index is 0.469. The Morgan fingerprint density at radius 1 is 0.181 bits per heavy atom. The lowest BCUT2D eigenvalue weighted by molar-refractivity contribution is 0.666. The van der Waals surface area contributed by atoms with Crippen LogP contribution < -0.4 is 0 Å². The summed E-state index contributed by atoms with van der Waals surface area (Å²) in [7, 11) is 0. The molecule has 0 saturated heterocycles. The van der Waals surface area contributed by atoms with Gasteiger partial charge in [0.25, 0.3) is 0 Å². The Kier molecular flexibility index (Phi) is 14.5. The van der Waals surface area contributed by atoms with E-state index in [9.17, 15) is 0 Å². The molecular formula is C114H63N9O4. The number of aromatic nitrogens is 9. The Morgan fingerprint density at radius 2 is 0.559 bits per heavy atom. The van der Waals surface area contributed by atoms with E-state index in [0.29, 0.717) is 40.5 Å². The van der Waals surface area contributed by atoms with Crippen molar-refractivity contribution >= 4 is 185 Å². The molecule has 0 bridgehead atoms. The maximum atomic E-state index is 7.21. The molecule has 0 unspecified atom stereocenters. The van der Waals surface area contributed by atoms with Gasteiger partial charge in [0, 0.05) is 114 Å². The van der Waals surface area contributed by atoms with Crippen molar-refractivity contribution in [1.29, 1.82) is 0 Å². The summed E-state index contributed by atoms with van der Waals surface area (Å²) >= 11 is 0. The molecule has 0 aliphatic carbocycles. The van der Waals surface area contributed by atoms with E-state index in [1.165, 1.54) is 5.39 Å². The zero-order chi connectivity index (χ0) is 82.8. The third-order valence-corrected chi connectivity index (χ3v) is 26.0. The summed E-state index contributed by atoms with van der Waals surface area (Å²) in [5.41, 5.74) is 21.7. The summed E-state index contributed by atoms with van der Waals surface area (Å²) in [6.07, 6.45) is 0. The first kappa shape index (κ1) is 69.3. The summed E-state index contributed by atoms with van der Waals surface area (Å²) in [5.74, 6) is 3.03. The van der Waals surface area contributed by atoms with Crippen molar-refractivity contribution in [2.75, 3.05) is 0 Å². The van der Waals surface area contributed by atoms with Crippen LogP contribution in [0.15, 0.2) is 400 Å². The highest BCUT2D eigenvalue weighted by Gasteiger charge is 2.29. The van der Waals surface area contributed by atoms with E-state index in [1.807, 2.05) is 42.5 Å². The van der Waals surface area contributed by atoms with Crippen molar-refractivity contribution < 1.29 is 17.7 Å². The fourth-order valence-corrected chi connectivity index (χ4v) is 20.2. The minimum Gasteiger partial charge on any atom is -0.456 e. The second-order valence-corrected chi connectivity index (χ2v) is 33.2. The lowest BCUT2D eigenvalue weighted by Crippen LogP contribution is -2.03. The third-order valence-electron chi connectivity index (χ3n) is 26.0. The van der Waals surface area contributed by atoms with Gasteiger partial charge in [0.05, 0.1) is 44.5 Å². The van der Waals surface area contributed by atoms with Crippen molar-refractivity contribution in [2.45, 2.75) is 0 Å². The Bertz CT molecular complexity index is 9660. The SMILES string of the molecule is c1ccc(-n2c3ccccc3c3cccc(-c4nc(-c5ccc6ccccc6c5)nc(-c5cc(-n6c7cc8ccccc8cc7c7c(-c8ccc9c(c8)oc8cc(-c%10nc(-c%11ccc%12c(c%11)oc%11ccccc%11%12)nc(-c%11cc(-n%12c%13ccccc%13c%13cc%14ccccc%14cc%13%12)c%12oc%13ccccc%13c%12c%11)n%10)ccc89)cccc76)c6oc7ccccc7c6c5)n4)c32)cc1. The Labute approximate surface area is 720 Å². The van der Waals surface area contributed by atoms with Gasteiger partial charge in [0.15, 0.2) is 46.1 Å². The molecule has 28 rings (SSSR count). The average Bonchev–Trinajstić information content (AvgIpc) is 1.56. The van der Waals surface area contributed by atoms with Gasteiger partial charge in [-0.1, -0.05) is 237 Å². The molecule has 13 heteroatoms. The van der Waals surface area contributed by atoms with E-state index in [2.05, 4.69) is 353 Å². The second kappa shape index (κ2) is 26.5. The van der Waals surface area contributed by atoms with E-state index in [-0.39, 0.29) is 0 Å². The number of fused-ring (bicyclic) bond motifs is 24. The molecule has 0 amide bonds. The topological polar surface area (TPSA) is 145 Å². The number of furan rings is 4. The maximum absolute atomic E-state index is 7.21. The zero-order valence-corrected chi connectivity index (χ0v) is 67.5. The van der Waals surface area contributed by atoms with Crippen LogP contribution in [0.25, 0.3) is 282 Å². The lowest BCUT2D eigenvalue weighted by atomic mass is 9.97. The van der Waals surface area contributed by atoms with Gasteiger partial charge in [-0.2, -0.15) is 0 Å². The van der Waals surface area contributed by atoms with Crippen molar-refractivity contribution in [1.82, 2.24) is 43.6 Å². The third kappa shape index (κ3) is 10.5. The highest BCUT2D eigenvalue weighted by atomic mass is 16.3. The summed E-state index contributed by atoms with van der Waals surface area (Å²) in [6.45, 7) is 0. The zero-order valence-electron chi connectivity index (χ0n) is 67.5. The first-order valence-corrected chi connectivity index (χ1v) is 42.7. The number of hydrogen-bond acceptors (Lipinski definition) is 10. The molecule has 0 fully saturated rings. The number of hydrogen-bond donors (Lipinski definition) is 0. The Hall–Kier alpha value is -17.4. The normalized spacial score (nSPS) is 12.3. The van der Waals surface area contributed by atoms with Crippen LogP contribution in [0, 0.1) is 0 Å². The molecule has 19 aromatic carbocycles. The van der Waals surface area contributed by atoms with Gasteiger partial charge >= 0.3 is 0 Å². The molecule has 0 aliphatic rings. The van der Waals surface area contributed by atoms with E-state index in [1.54, 1.807) is 0 Å². The highest BCUT2D eigenvalue weighted by molar-refractivity contribution is 6.22. The predicted molar refractivity (Wildman–Crippen MR) is 516 cm³/mol. The van der Waals surface area contributed by atoms with Crippen LogP contribution >= 0.6 is 0 Å². The molecule has 0 spiro atoms. The molecule has 588 valence electrons. The van der Waals surface area contributed by atoms with E-state index < -0.39 is 0 Å². The van der Waals surface area contributed by atoms with Crippen LogP contribution in [-0.2, 0) is 0 Å². The van der Waals surface area contributed by atoms with Gasteiger partial charge in [-0.25, -0.2) is 29.9 Å². The second-order valence-electron chi connectivity index (χ2n) is 33.2. The number of nitrogens with zero attached hydrogens (tertiary/aromatic N) is 9. The van der Waals surface area contributed by atoms with Crippen molar-refractivity contribution in [3.8, 4) is 96.5 Å². The molecule has 0 aliphatic heterocycles. The molecule has 0 radical (unpaired) electrons. The summed E-state index contributed by atoms with van der Waals surface area (Å²) in [4.78, 5) is 33.2. The van der Waals surface area contributed by atoms with Crippen molar-refractivity contribution in [3.05, 3.63) is 382 Å². The van der Waals surface area contributed by atoms with E-state index in [0.717, 1.165) is 236 Å². The minimum atomic E-state index is 0.469. The van der Waals surface area contributed by atoms with Crippen LogP contribution in [-0.4, -0.2) is 43.6 Å². The van der Waals surface area contributed by atoms with Gasteiger partial charge in [-0.05, 0) is 189 Å². The number of para-hydroxylation sites is 7. The average molecular weight is 1620 g/mol. The van der Waals surface area contributed by atoms with Gasteiger partial charge in [0.2, 0.25) is 0 Å². The van der Waals surface area contributed by atoms with Crippen molar-refractivity contribution in [3.63, 3.8) is 0 Å². The molecule has 28 aromatic rings. The Morgan fingerprint density at radius 3 is 1.15 bits per heavy atom. The largest absolute Gasteiger partial charge is 0.456 e. The summed E-state index contributed by atoms with van der Waals surface area (Å²) < 4.78 is 35.0. The first-order valence-electron chi connectivity index (χ1n) is 42.7. The maximum Gasteiger partial charge on any atom is 0.166 e. The molecule has 0 saturated carbocycles. The first-order chi connectivity index (χ1) is 62.9. The molecule has 0 atom stereocenters. The highest BCUT2D eigenvalue weighted by Crippen LogP contribution is 2.49. The molecular weight excluding hydrogens is 1560 g/mol. The standard InChI is InChI=1S/C114H63N9O4/c1-2-28-76(29-3-1)121-92-38-15-10-30-78(92)86-36-20-37-87(106(86)121)114-119-109(71-45-44-64-22-4-5-23-65(64)52-71)116-113(120-114)75-56-90-82-34-14-19-43-101(82)127-108(90)98(60-75)123-94-40-21-35-77(105(94)91-54-67-25-7-9-27-69(67)58-96(91)123)70-46-49-84-85-51-48-73(63-104(85)125-102(84)61-70)111-115-110(72-47-50-83-80-32-12-17-41-99(80)124-103(83)62-72)117-112(118-111)74-55-89-81-33-13-18-42-100(81)126-107(89)97(59-74)122-93-39-16-11-31-79(93)88-53-66-24-6-8-26-68(66)57-95(88)122/h1-63H. The van der Waals surface area contributed by atoms with Crippen LogP contribution in [0.1, 0.15) is 0 Å². The fraction of sp³-hybridized carbons (Fsp3) is 0. The smallest absolute Gasteiger partial charge is 0.166 e. The molecule has 127 heavy (non-hydrogen) atoms. The van der Waals surface area contributed by atoms with E-state index in [4.69, 9.17) is 47.6 Å². The van der Waals surface area contributed by atoms with Gasteiger partial charge in [0.1, 0.15) is 33.5 Å². The van der Waals surface area contributed by atoms with Gasteiger partial charge in [-0.3, -0.25) is 0 Å². The van der Waals surface area contributed by atoms with Crippen LogP contribution in [0.3, 0.4) is 0 Å². The molecule has 9 aromatic heterocycles. The van der Waals surface area contributed by atoms with Crippen LogP contribution in [0.2, 0.25) is 0 Å². The lowest BCUT2D eigenvalue weighted by Gasteiger charge is -2.14. The van der Waals surface area contributed by atoms with Crippen molar-refractivity contribution in [2.24, 2.45) is 0 Å². The monoisotopic (exact) mass is 1620 g/mol. The number of rotatable bonds is 10. The fourth-order valence-electron chi connectivity index (χ4n) is 20.2. The molecule has 13 nitrogen and oxygen atoms in total. The number of benzene rings is 19. The Balaban J connectivity index is 0.620. The quantitative estimate of drug-likeness (QED) is 0.130. The van der Waals surface area contributed by atoms with Gasteiger partial charge < -0.3 is 31.4 Å². The molecule has 9 heterocycles. The van der Waals surface area contributed by atoms with E-state index >= 15 is 0 Å². The summed E-state index contributed by atoms with van der Waals surface area (Å²) in [6, 6.07) is 135. The molecule has 0 N–H and O–H groups in total. The van der Waals surface area contributed by atoms with Gasteiger partial charge in [-0.15, -0.1) is 0 Å². The predicted octanol–water partition coefficient (Wildman–Crippen LogP) is 30.1. The summed E-state index contributed by atoms with van der Waals surface area (Å²) in [5, 5.41) is 21.1. The van der Waals surface area contributed by atoms with Crippen LogP contribution in [0.4, 0.5) is 0 Å².